The lowest BCUT2D eigenvalue weighted by Crippen LogP contribution is -2.31. The average Bonchev–Trinajstić information content (AvgIpc) is 3.02. The van der Waals surface area contributed by atoms with Crippen LogP contribution in [0.5, 0.6) is 0 Å². The highest BCUT2D eigenvalue weighted by molar-refractivity contribution is 6.04. The highest BCUT2D eigenvalue weighted by Gasteiger charge is 2.31. The Hall–Kier alpha value is -3.62. The van der Waals surface area contributed by atoms with Crippen LogP contribution in [-0.2, 0) is 16.1 Å². The van der Waals surface area contributed by atoms with Crippen LogP contribution in [0.15, 0.2) is 42.5 Å². The van der Waals surface area contributed by atoms with Crippen molar-refractivity contribution < 1.29 is 18.4 Å². The van der Waals surface area contributed by atoms with Gasteiger partial charge in [-0.1, -0.05) is 29.5 Å². The Labute approximate surface area is 164 Å². The summed E-state index contributed by atoms with van der Waals surface area (Å²) in [4.78, 5) is 24.7. The predicted octanol–water partition coefficient (Wildman–Crippen LogP) is 2.98. The average molecular weight is 397 g/mol. The van der Waals surface area contributed by atoms with Gasteiger partial charge < -0.3 is 10.6 Å². The zero-order valence-electron chi connectivity index (χ0n) is 15.4. The van der Waals surface area contributed by atoms with Gasteiger partial charge in [-0.3, -0.25) is 9.59 Å². The monoisotopic (exact) mass is 397 g/mol. The van der Waals surface area contributed by atoms with Crippen LogP contribution in [-0.4, -0.2) is 26.8 Å². The van der Waals surface area contributed by atoms with Crippen LogP contribution in [0.4, 0.5) is 20.3 Å². The van der Waals surface area contributed by atoms with Crippen molar-refractivity contribution in [1.29, 1.82) is 0 Å². The maximum atomic E-state index is 13.9. The molecular formula is C20H17F2N5O2. The number of carbonyl (C=O) groups is 2. The van der Waals surface area contributed by atoms with E-state index in [1.807, 2.05) is 0 Å². The van der Waals surface area contributed by atoms with Crippen molar-refractivity contribution in [2.45, 2.75) is 25.8 Å². The minimum Gasteiger partial charge on any atom is -0.326 e. The molecule has 1 aromatic heterocycles. The zero-order chi connectivity index (χ0) is 20.5. The summed E-state index contributed by atoms with van der Waals surface area (Å²) < 4.78 is 28.8. The van der Waals surface area contributed by atoms with Crippen molar-refractivity contribution in [3.63, 3.8) is 0 Å². The molecule has 0 saturated carbocycles. The van der Waals surface area contributed by atoms with Gasteiger partial charge in [-0.15, -0.1) is 5.10 Å². The number of benzene rings is 2. The second-order valence-corrected chi connectivity index (χ2v) is 6.80. The molecule has 0 aliphatic carbocycles. The Kier molecular flexibility index (Phi) is 4.79. The molecule has 0 saturated heterocycles. The molecule has 1 unspecified atom stereocenters. The summed E-state index contributed by atoms with van der Waals surface area (Å²) in [6.45, 7) is 1.86. The molecule has 148 valence electrons. The summed E-state index contributed by atoms with van der Waals surface area (Å²) in [6.07, 6.45) is -0.0626. The molecule has 2 heterocycles. The molecule has 2 aromatic carbocycles. The highest BCUT2D eigenvalue weighted by atomic mass is 19.1. The summed E-state index contributed by atoms with van der Waals surface area (Å²) >= 11 is 0. The minimum atomic E-state index is -0.782. The number of aromatic nitrogens is 3. The second kappa shape index (κ2) is 7.42. The first-order valence-electron chi connectivity index (χ1n) is 8.96. The van der Waals surface area contributed by atoms with Crippen molar-refractivity contribution in [1.82, 2.24) is 15.0 Å². The quantitative estimate of drug-likeness (QED) is 0.708. The van der Waals surface area contributed by atoms with Gasteiger partial charge in [-0.25, -0.2) is 13.5 Å². The first-order chi connectivity index (χ1) is 13.9. The molecule has 7 nitrogen and oxygen atoms in total. The van der Waals surface area contributed by atoms with Crippen LogP contribution < -0.4 is 10.6 Å². The van der Waals surface area contributed by atoms with Crippen LogP contribution in [0, 0.1) is 18.6 Å². The van der Waals surface area contributed by atoms with Gasteiger partial charge in [0, 0.05) is 17.7 Å². The van der Waals surface area contributed by atoms with E-state index in [4.69, 9.17) is 0 Å². The normalized spacial score (nSPS) is 15.6. The van der Waals surface area contributed by atoms with Crippen molar-refractivity contribution in [2.75, 3.05) is 10.6 Å². The second-order valence-electron chi connectivity index (χ2n) is 6.80. The van der Waals surface area contributed by atoms with Gasteiger partial charge in [0.15, 0.2) is 5.82 Å². The number of halogens is 2. The number of nitrogens with zero attached hydrogens (tertiary/aromatic N) is 3. The fraction of sp³-hybridized carbons (Fsp3) is 0.200. The van der Waals surface area contributed by atoms with Gasteiger partial charge in [0.05, 0.1) is 18.2 Å². The summed E-state index contributed by atoms with van der Waals surface area (Å²) in [5.41, 5.74) is 1.79. The zero-order valence-corrected chi connectivity index (χ0v) is 15.4. The van der Waals surface area contributed by atoms with E-state index < -0.39 is 17.6 Å². The molecule has 0 bridgehead atoms. The lowest BCUT2D eigenvalue weighted by Gasteiger charge is -2.24. The van der Waals surface area contributed by atoms with Crippen molar-refractivity contribution >= 4 is 23.3 Å². The first-order valence-corrected chi connectivity index (χ1v) is 8.96. The summed E-state index contributed by atoms with van der Waals surface area (Å²) in [5.74, 6) is -2.24. The molecule has 0 radical (unpaired) electrons. The lowest BCUT2D eigenvalue weighted by molar-refractivity contribution is -0.123. The minimum absolute atomic E-state index is 0.0626. The standard InChI is InChI=1S/C20H17F2N5O2/c1-11-19(25-26-27(11)10-12-4-2-3-5-16(12)22)24-20(29)15-9-18(28)23-17-8-13(21)6-7-14(15)17/h2-8,15H,9-10H2,1H3,(H,23,28)(H,24,29). The maximum Gasteiger partial charge on any atom is 0.233 e. The fourth-order valence-corrected chi connectivity index (χ4v) is 3.29. The predicted molar refractivity (Wildman–Crippen MR) is 101 cm³/mol. The van der Waals surface area contributed by atoms with Gasteiger partial charge >= 0.3 is 0 Å². The number of hydrogen-bond donors (Lipinski definition) is 2. The molecule has 1 aliphatic heterocycles. The van der Waals surface area contributed by atoms with E-state index in [-0.39, 0.29) is 36.2 Å². The molecule has 2 amide bonds. The van der Waals surface area contributed by atoms with Gasteiger partial charge in [0.1, 0.15) is 11.6 Å². The molecule has 9 heteroatoms. The van der Waals surface area contributed by atoms with Crippen LogP contribution in [0.3, 0.4) is 0 Å². The Bertz CT molecular complexity index is 1110. The fourth-order valence-electron chi connectivity index (χ4n) is 3.29. The molecule has 29 heavy (non-hydrogen) atoms. The van der Waals surface area contributed by atoms with Crippen LogP contribution in [0.1, 0.15) is 29.2 Å². The summed E-state index contributed by atoms with van der Waals surface area (Å²) in [7, 11) is 0. The third kappa shape index (κ3) is 3.71. The Morgan fingerprint density at radius 1 is 1.28 bits per heavy atom. The molecule has 1 aliphatic rings. The first kappa shape index (κ1) is 18.7. The van der Waals surface area contributed by atoms with Crippen LogP contribution >= 0.6 is 0 Å². The number of carbonyl (C=O) groups excluding carboxylic acids is 2. The van der Waals surface area contributed by atoms with E-state index in [0.29, 0.717) is 16.8 Å². The third-order valence-electron chi connectivity index (χ3n) is 4.87. The number of rotatable bonds is 4. The highest BCUT2D eigenvalue weighted by Crippen LogP contribution is 2.33. The van der Waals surface area contributed by atoms with E-state index >= 15 is 0 Å². The van der Waals surface area contributed by atoms with Crippen molar-refractivity contribution in [3.05, 3.63) is 70.9 Å². The summed E-state index contributed by atoms with van der Waals surface area (Å²) in [6, 6.07) is 10.2. The third-order valence-corrected chi connectivity index (χ3v) is 4.87. The summed E-state index contributed by atoms with van der Waals surface area (Å²) in [5, 5.41) is 13.2. The SMILES string of the molecule is Cc1c(NC(=O)C2CC(=O)Nc3cc(F)ccc32)nnn1Cc1ccccc1F. The smallest absolute Gasteiger partial charge is 0.233 e. The van der Waals surface area contributed by atoms with Crippen molar-refractivity contribution in [3.8, 4) is 0 Å². The van der Waals surface area contributed by atoms with Crippen LogP contribution in [0.25, 0.3) is 0 Å². The number of nitrogens with one attached hydrogen (secondary N) is 2. The molecule has 4 rings (SSSR count). The molecule has 0 spiro atoms. The molecule has 0 fully saturated rings. The van der Waals surface area contributed by atoms with Crippen LogP contribution in [0.2, 0.25) is 0 Å². The number of hydrogen-bond acceptors (Lipinski definition) is 4. The van der Waals surface area contributed by atoms with Gasteiger partial charge in [-0.05, 0) is 30.7 Å². The van der Waals surface area contributed by atoms with Crippen molar-refractivity contribution in [2.24, 2.45) is 0 Å². The molecule has 1 atom stereocenters. The number of anilines is 2. The molecule has 3 aromatic rings. The number of amides is 2. The van der Waals surface area contributed by atoms with Gasteiger partial charge in [0.2, 0.25) is 11.8 Å². The lowest BCUT2D eigenvalue weighted by atomic mass is 9.89. The Morgan fingerprint density at radius 2 is 2.07 bits per heavy atom. The van der Waals surface area contributed by atoms with E-state index in [0.717, 1.165) is 0 Å². The molecule has 2 N–H and O–H groups in total. The van der Waals surface area contributed by atoms with Gasteiger partial charge in [0.25, 0.3) is 0 Å². The topological polar surface area (TPSA) is 88.9 Å². The largest absolute Gasteiger partial charge is 0.326 e. The van der Waals surface area contributed by atoms with E-state index in [1.54, 1.807) is 25.1 Å². The number of fused-ring (bicyclic) bond motifs is 1. The van der Waals surface area contributed by atoms with Gasteiger partial charge in [-0.2, -0.15) is 0 Å². The van der Waals surface area contributed by atoms with E-state index in [1.165, 1.54) is 28.9 Å². The maximum absolute atomic E-state index is 13.9. The Morgan fingerprint density at radius 3 is 2.86 bits per heavy atom. The van der Waals surface area contributed by atoms with E-state index in [2.05, 4.69) is 20.9 Å². The molecular weight excluding hydrogens is 380 g/mol. The Balaban J connectivity index is 1.55. The van der Waals surface area contributed by atoms with E-state index in [9.17, 15) is 18.4 Å².